The van der Waals surface area contributed by atoms with Crippen LogP contribution in [-0.4, -0.2) is 20.6 Å². The van der Waals surface area contributed by atoms with E-state index >= 15 is 0 Å². The van der Waals surface area contributed by atoms with Crippen LogP contribution in [0.5, 0.6) is 0 Å². The molecule has 1 saturated heterocycles. The first-order chi connectivity index (χ1) is 11.0. The molecular weight excluding hydrogens is 308 g/mol. The van der Waals surface area contributed by atoms with Crippen LogP contribution < -0.4 is 0 Å². The molecule has 0 unspecified atom stereocenters. The summed E-state index contributed by atoms with van der Waals surface area (Å²) in [6, 6.07) is 7.08. The fourth-order valence-electron chi connectivity index (χ4n) is 2.70. The highest BCUT2D eigenvalue weighted by Gasteiger charge is 2.45. The van der Waals surface area contributed by atoms with Gasteiger partial charge in [0.25, 0.3) is 0 Å². The van der Waals surface area contributed by atoms with Crippen molar-refractivity contribution in [3.8, 4) is 0 Å². The van der Waals surface area contributed by atoms with Gasteiger partial charge in [0.15, 0.2) is 0 Å². The van der Waals surface area contributed by atoms with Crippen LogP contribution in [0.3, 0.4) is 0 Å². The standard InChI is InChI=1S/C19H28O3S/c1-4-6-8-10-18(19-17(22-19)9-7-5-2)23(20,21)16-13-11-15(3)12-14-16/h10-14,17,19H,4-9H2,1-3H3/b18-10+/t17-,19+/m1/s1. The van der Waals surface area contributed by atoms with E-state index in [0.717, 1.165) is 44.1 Å². The van der Waals surface area contributed by atoms with Crippen molar-refractivity contribution in [3.05, 3.63) is 40.8 Å². The van der Waals surface area contributed by atoms with Gasteiger partial charge in [-0.2, -0.15) is 0 Å². The van der Waals surface area contributed by atoms with Gasteiger partial charge in [0.2, 0.25) is 9.84 Å². The third-order valence-electron chi connectivity index (χ3n) is 4.25. The minimum absolute atomic E-state index is 0.0723. The van der Waals surface area contributed by atoms with E-state index in [1.165, 1.54) is 0 Å². The molecule has 1 aliphatic rings. The number of rotatable bonds is 9. The lowest BCUT2D eigenvalue weighted by Crippen LogP contribution is -2.12. The van der Waals surface area contributed by atoms with E-state index < -0.39 is 9.84 Å². The van der Waals surface area contributed by atoms with E-state index in [2.05, 4.69) is 13.8 Å². The van der Waals surface area contributed by atoms with Gasteiger partial charge in [-0.25, -0.2) is 8.42 Å². The van der Waals surface area contributed by atoms with Crippen molar-refractivity contribution in [2.24, 2.45) is 0 Å². The molecule has 1 heterocycles. The van der Waals surface area contributed by atoms with Crippen LogP contribution in [-0.2, 0) is 14.6 Å². The Balaban J connectivity index is 2.23. The summed E-state index contributed by atoms with van der Waals surface area (Å²) >= 11 is 0. The summed E-state index contributed by atoms with van der Waals surface area (Å²) in [5, 5.41) is 0. The number of sulfone groups is 1. The lowest BCUT2D eigenvalue weighted by molar-refractivity contribution is 0.373. The zero-order valence-electron chi connectivity index (χ0n) is 14.4. The molecule has 0 radical (unpaired) electrons. The second-order valence-electron chi connectivity index (χ2n) is 6.30. The highest BCUT2D eigenvalue weighted by atomic mass is 32.2. The first kappa shape index (κ1) is 18.2. The van der Waals surface area contributed by atoms with E-state index in [4.69, 9.17) is 4.74 Å². The Bertz CT molecular complexity index is 629. The molecule has 23 heavy (non-hydrogen) atoms. The summed E-state index contributed by atoms with van der Waals surface area (Å²) in [4.78, 5) is 0.839. The van der Waals surface area contributed by atoms with Crippen LogP contribution >= 0.6 is 0 Å². The highest BCUT2D eigenvalue weighted by Crippen LogP contribution is 2.38. The van der Waals surface area contributed by atoms with Crippen molar-refractivity contribution in [1.82, 2.24) is 0 Å². The Morgan fingerprint density at radius 1 is 1.13 bits per heavy atom. The number of aryl methyl sites for hydroxylation is 1. The van der Waals surface area contributed by atoms with Crippen LogP contribution in [0.2, 0.25) is 0 Å². The molecule has 2 atom stereocenters. The topological polar surface area (TPSA) is 46.7 Å². The molecule has 1 aromatic carbocycles. The minimum atomic E-state index is -3.46. The average molecular weight is 336 g/mol. The number of unbranched alkanes of at least 4 members (excludes halogenated alkanes) is 3. The molecule has 0 saturated carbocycles. The van der Waals surface area contributed by atoms with Crippen molar-refractivity contribution >= 4 is 9.84 Å². The van der Waals surface area contributed by atoms with Gasteiger partial charge in [-0.3, -0.25) is 0 Å². The Morgan fingerprint density at radius 2 is 1.78 bits per heavy atom. The number of benzene rings is 1. The maximum atomic E-state index is 13.0. The molecule has 0 amide bonds. The second-order valence-corrected chi connectivity index (χ2v) is 8.25. The Hall–Kier alpha value is -1.13. The highest BCUT2D eigenvalue weighted by molar-refractivity contribution is 7.95. The summed E-state index contributed by atoms with van der Waals surface area (Å²) in [6.07, 6.45) is 7.67. The third kappa shape index (κ3) is 4.67. The maximum absolute atomic E-state index is 13.0. The van der Waals surface area contributed by atoms with E-state index in [1.54, 1.807) is 12.1 Å². The lowest BCUT2D eigenvalue weighted by atomic mass is 10.1. The van der Waals surface area contributed by atoms with E-state index in [0.29, 0.717) is 9.80 Å². The van der Waals surface area contributed by atoms with Crippen LogP contribution in [0.15, 0.2) is 40.1 Å². The summed E-state index contributed by atoms with van der Waals surface area (Å²) in [7, 11) is -3.46. The average Bonchev–Trinajstić information content (AvgIpc) is 3.29. The van der Waals surface area contributed by atoms with Gasteiger partial charge < -0.3 is 4.74 Å². The predicted octanol–water partition coefficient (Wildman–Crippen LogP) is 4.80. The van der Waals surface area contributed by atoms with Gasteiger partial charge in [0, 0.05) is 0 Å². The van der Waals surface area contributed by atoms with Gasteiger partial charge in [-0.1, -0.05) is 63.3 Å². The van der Waals surface area contributed by atoms with Crippen molar-refractivity contribution in [2.75, 3.05) is 0 Å². The smallest absolute Gasteiger partial charge is 0.205 e. The molecule has 1 fully saturated rings. The number of hydrogen-bond acceptors (Lipinski definition) is 3. The summed E-state index contributed by atoms with van der Waals surface area (Å²) in [5.74, 6) is 0. The molecule has 128 valence electrons. The Morgan fingerprint density at radius 3 is 2.39 bits per heavy atom. The largest absolute Gasteiger partial charge is 0.364 e. The van der Waals surface area contributed by atoms with Crippen LogP contribution in [0, 0.1) is 6.92 Å². The minimum Gasteiger partial charge on any atom is -0.364 e. The molecule has 1 aromatic rings. The molecule has 0 spiro atoms. The van der Waals surface area contributed by atoms with Gasteiger partial charge >= 0.3 is 0 Å². The first-order valence-electron chi connectivity index (χ1n) is 8.68. The molecule has 2 rings (SSSR count). The zero-order chi connectivity index (χ0) is 16.9. The van der Waals surface area contributed by atoms with Crippen LogP contribution in [0.25, 0.3) is 0 Å². The summed E-state index contributed by atoms with van der Waals surface area (Å²) in [6.45, 7) is 6.21. The number of ether oxygens (including phenoxy) is 1. The Labute approximate surface area is 140 Å². The number of epoxide rings is 1. The van der Waals surface area contributed by atoms with Gasteiger partial charge in [-0.05, 0) is 31.9 Å². The number of allylic oxidation sites excluding steroid dienone is 1. The summed E-state index contributed by atoms with van der Waals surface area (Å²) in [5.41, 5.74) is 1.06. The lowest BCUT2D eigenvalue weighted by Gasteiger charge is -2.08. The number of hydrogen-bond donors (Lipinski definition) is 0. The first-order valence-corrected chi connectivity index (χ1v) is 10.2. The van der Waals surface area contributed by atoms with Crippen LogP contribution in [0.4, 0.5) is 0 Å². The normalized spacial score (nSPS) is 21.4. The quantitative estimate of drug-likeness (QED) is 0.480. The van der Waals surface area contributed by atoms with E-state index in [9.17, 15) is 8.42 Å². The fourth-order valence-corrected chi connectivity index (χ4v) is 4.32. The maximum Gasteiger partial charge on any atom is 0.205 e. The fraction of sp³-hybridized carbons (Fsp3) is 0.579. The van der Waals surface area contributed by atoms with E-state index in [-0.39, 0.29) is 12.2 Å². The van der Waals surface area contributed by atoms with Crippen molar-refractivity contribution in [2.45, 2.75) is 76.4 Å². The van der Waals surface area contributed by atoms with Crippen LogP contribution in [0.1, 0.15) is 57.9 Å². The van der Waals surface area contributed by atoms with Gasteiger partial charge in [0.05, 0.1) is 15.9 Å². The second kappa shape index (κ2) is 8.11. The molecule has 3 nitrogen and oxygen atoms in total. The molecule has 1 aliphatic heterocycles. The molecule has 0 bridgehead atoms. The van der Waals surface area contributed by atoms with E-state index in [1.807, 2.05) is 25.1 Å². The molecular formula is C19H28O3S. The Kier molecular flexibility index (Phi) is 6.42. The predicted molar refractivity (Wildman–Crippen MR) is 94.2 cm³/mol. The zero-order valence-corrected chi connectivity index (χ0v) is 15.2. The van der Waals surface area contributed by atoms with Crippen molar-refractivity contribution in [3.63, 3.8) is 0 Å². The molecule has 0 aliphatic carbocycles. The monoisotopic (exact) mass is 336 g/mol. The van der Waals surface area contributed by atoms with Gasteiger partial charge in [0.1, 0.15) is 6.10 Å². The molecule has 0 N–H and O–H groups in total. The summed E-state index contributed by atoms with van der Waals surface area (Å²) < 4.78 is 31.7. The van der Waals surface area contributed by atoms with Gasteiger partial charge in [-0.15, -0.1) is 0 Å². The third-order valence-corrected chi connectivity index (χ3v) is 6.16. The van der Waals surface area contributed by atoms with Crippen molar-refractivity contribution < 1.29 is 13.2 Å². The SMILES string of the molecule is CCCC/C=C(\[C@H]1O[C@@H]1CCCC)S(=O)(=O)c1ccc(C)cc1. The molecule has 4 heteroatoms. The van der Waals surface area contributed by atoms with Crippen molar-refractivity contribution in [1.29, 1.82) is 0 Å². The molecule has 0 aromatic heterocycles.